The largest absolute Gasteiger partial charge is 0.338 e. The van der Waals surface area contributed by atoms with E-state index in [9.17, 15) is 4.79 Å². The summed E-state index contributed by atoms with van der Waals surface area (Å²) in [4.78, 5) is 22.7. The van der Waals surface area contributed by atoms with Crippen LogP contribution in [-0.4, -0.2) is 19.5 Å². The van der Waals surface area contributed by atoms with Gasteiger partial charge in [-0.3, -0.25) is 9.55 Å². The van der Waals surface area contributed by atoms with Crippen molar-refractivity contribution in [3.05, 3.63) is 20.9 Å². The van der Waals surface area contributed by atoms with Crippen LogP contribution in [0.15, 0.2) is 4.79 Å². The van der Waals surface area contributed by atoms with Crippen LogP contribution in [0.4, 0.5) is 0 Å². The molecule has 0 atom stereocenters. The first kappa shape index (κ1) is 12.6. The molecule has 0 saturated heterocycles. The lowest BCUT2D eigenvalue weighted by Crippen LogP contribution is -2.29. The second-order valence-corrected chi connectivity index (χ2v) is 6.91. The standard InChI is InChI=1S/C13H18N4OS/c1-13(2,3)6-17-10-8(11(19)16-12(17)18)14-9(15-10)7-4-5-7/h7H,4-6H2,1-3H3,(H,14,15)(H,16,18,19). The monoisotopic (exact) mass is 278 g/mol. The summed E-state index contributed by atoms with van der Waals surface area (Å²) in [6, 6.07) is 0. The number of aromatic nitrogens is 4. The number of imidazole rings is 1. The van der Waals surface area contributed by atoms with Gasteiger partial charge in [0, 0.05) is 12.5 Å². The lowest BCUT2D eigenvalue weighted by Gasteiger charge is -2.19. The molecule has 2 heterocycles. The van der Waals surface area contributed by atoms with Gasteiger partial charge in [-0.15, -0.1) is 0 Å². The molecule has 2 N–H and O–H groups in total. The van der Waals surface area contributed by atoms with Gasteiger partial charge in [0.1, 0.15) is 16.0 Å². The molecule has 2 aromatic rings. The van der Waals surface area contributed by atoms with Crippen molar-refractivity contribution in [3.63, 3.8) is 0 Å². The van der Waals surface area contributed by atoms with Crippen LogP contribution in [0.1, 0.15) is 45.4 Å². The van der Waals surface area contributed by atoms with E-state index in [-0.39, 0.29) is 11.1 Å². The zero-order chi connectivity index (χ0) is 13.8. The van der Waals surface area contributed by atoms with Crippen molar-refractivity contribution in [3.8, 4) is 0 Å². The van der Waals surface area contributed by atoms with Crippen molar-refractivity contribution in [2.75, 3.05) is 0 Å². The van der Waals surface area contributed by atoms with Gasteiger partial charge in [-0.2, -0.15) is 0 Å². The maximum atomic E-state index is 12.1. The quantitative estimate of drug-likeness (QED) is 0.830. The number of nitrogens with one attached hydrogen (secondary N) is 2. The van der Waals surface area contributed by atoms with Crippen molar-refractivity contribution in [1.82, 2.24) is 19.5 Å². The Balaban J connectivity index is 2.24. The fraction of sp³-hybridized carbons (Fsp3) is 0.615. The van der Waals surface area contributed by atoms with Gasteiger partial charge in [0.05, 0.1) is 0 Å². The molecule has 0 aromatic carbocycles. The minimum absolute atomic E-state index is 0.00621. The van der Waals surface area contributed by atoms with E-state index >= 15 is 0 Å². The molecule has 3 rings (SSSR count). The molecule has 0 unspecified atom stereocenters. The Morgan fingerprint density at radius 3 is 2.63 bits per heavy atom. The molecule has 1 aliphatic carbocycles. The molecular formula is C13H18N4OS. The van der Waals surface area contributed by atoms with Crippen molar-refractivity contribution < 1.29 is 0 Å². The van der Waals surface area contributed by atoms with E-state index in [1.807, 2.05) is 0 Å². The normalized spacial score (nSPS) is 16.2. The average molecular weight is 278 g/mol. The van der Waals surface area contributed by atoms with Gasteiger partial charge < -0.3 is 4.98 Å². The minimum Gasteiger partial charge on any atom is -0.338 e. The number of fused-ring (bicyclic) bond motifs is 1. The molecule has 5 nitrogen and oxygen atoms in total. The van der Waals surface area contributed by atoms with E-state index in [2.05, 4.69) is 35.7 Å². The van der Waals surface area contributed by atoms with Gasteiger partial charge in [0.2, 0.25) is 0 Å². The van der Waals surface area contributed by atoms with Gasteiger partial charge in [-0.05, 0) is 18.3 Å². The van der Waals surface area contributed by atoms with Gasteiger partial charge in [-0.25, -0.2) is 9.78 Å². The topological polar surface area (TPSA) is 66.5 Å². The van der Waals surface area contributed by atoms with E-state index in [0.29, 0.717) is 22.8 Å². The van der Waals surface area contributed by atoms with Crippen LogP contribution >= 0.6 is 12.2 Å². The maximum Gasteiger partial charge on any atom is 0.328 e. The first-order valence-corrected chi connectivity index (χ1v) is 6.99. The Labute approximate surface area is 116 Å². The molecule has 0 spiro atoms. The van der Waals surface area contributed by atoms with Crippen LogP contribution in [0.2, 0.25) is 0 Å². The SMILES string of the molecule is CC(C)(C)Cn1c(=O)[nH]c(=S)c2[nH]c(C3CC3)nc21. The average Bonchev–Trinajstić information content (AvgIpc) is 3.02. The van der Waals surface area contributed by atoms with Gasteiger partial charge in [0.25, 0.3) is 0 Å². The summed E-state index contributed by atoms with van der Waals surface area (Å²) in [5.41, 5.74) is 1.29. The van der Waals surface area contributed by atoms with Crippen LogP contribution in [0, 0.1) is 10.1 Å². The number of hydrogen-bond acceptors (Lipinski definition) is 3. The molecule has 0 bridgehead atoms. The summed E-state index contributed by atoms with van der Waals surface area (Å²) < 4.78 is 2.14. The Hall–Kier alpha value is -1.43. The van der Waals surface area contributed by atoms with Crippen LogP contribution < -0.4 is 5.69 Å². The molecule has 2 aromatic heterocycles. The predicted octanol–water partition coefficient (Wildman–Crippen LogP) is 2.71. The summed E-state index contributed by atoms with van der Waals surface area (Å²) in [6.07, 6.45) is 2.33. The third-order valence-electron chi connectivity index (χ3n) is 3.25. The van der Waals surface area contributed by atoms with E-state index in [1.165, 1.54) is 12.8 Å². The molecule has 6 heteroatoms. The lowest BCUT2D eigenvalue weighted by atomic mass is 9.97. The fourth-order valence-electron chi connectivity index (χ4n) is 2.23. The van der Waals surface area contributed by atoms with E-state index < -0.39 is 0 Å². The number of rotatable bonds is 2. The first-order valence-electron chi connectivity index (χ1n) is 6.58. The van der Waals surface area contributed by atoms with Crippen molar-refractivity contribution >= 4 is 23.4 Å². The van der Waals surface area contributed by atoms with Crippen LogP contribution in [0.5, 0.6) is 0 Å². The van der Waals surface area contributed by atoms with Gasteiger partial charge in [0.15, 0.2) is 5.65 Å². The molecule has 1 fully saturated rings. The Bertz CT molecular complexity index is 743. The van der Waals surface area contributed by atoms with Gasteiger partial charge in [-0.1, -0.05) is 33.0 Å². The zero-order valence-electron chi connectivity index (χ0n) is 11.4. The highest BCUT2D eigenvalue weighted by Crippen LogP contribution is 2.39. The number of hydrogen-bond donors (Lipinski definition) is 2. The summed E-state index contributed by atoms with van der Waals surface area (Å²) in [7, 11) is 0. The van der Waals surface area contributed by atoms with E-state index in [4.69, 9.17) is 12.2 Å². The lowest BCUT2D eigenvalue weighted by molar-refractivity contribution is 0.341. The summed E-state index contributed by atoms with van der Waals surface area (Å²) in [5, 5.41) is 0. The molecule has 0 radical (unpaired) electrons. The van der Waals surface area contributed by atoms with Crippen molar-refractivity contribution in [1.29, 1.82) is 0 Å². The van der Waals surface area contributed by atoms with Crippen molar-refractivity contribution in [2.45, 2.75) is 46.1 Å². The molecule has 1 saturated carbocycles. The molecule has 0 amide bonds. The predicted molar refractivity (Wildman–Crippen MR) is 77.0 cm³/mol. The molecular weight excluding hydrogens is 260 g/mol. The first-order chi connectivity index (χ1) is 8.85. The number of aromatic amines is 2. The highest BCUT2D eigenvalue weighted by molar-refractivity contribution is 7.71. The Morgan fingerprint density at radius 1 is 1.37 bits per heavy atom. The van der Waals surface area contributed by atoms with E-state index in [0.717, 1.165) is 11.3 Å². The maximum absolute atomic E-state index is 12.1. The second kappa shape index (κ2) is 4.03. The third kappa shape index (κ3) is 2.36. The Morgan fingerprint density at radius 2 is 2.05 bits per heavy atom. The summed E-state index contributed by atoms with van der Waals surface area (Å²) in [6.45, 7) is 6.91. The minimum atomic E-state index is -0.179. The van der Waals surface area contributed by atoms with Crippen LogP contribution in [-0.2, 0) is 6.54 Å². The fourth-order valence-corrected chi connectivity index (χ4v) is 2.46. The summed E-state index contributed by atoms with van der Waals surface area (Å²) in [5.74, 6) is 1.47. The second-order valence-electron chi connectivity index (χ2n) is 6.50. The zero-order valence-corrected chi connectivity index (χ0v) is 12.2. The Kier molecular flexibility index (Phi) is 2.67. The molecule has 0 aliphatic heterocycles. The highest BCUT2D eigenvalue weighted by Gasteiger charge is 2.28. The molecule has 1 aliphatic rings. The molecule has 102 valence electrons. The third-order valence-corrected chi connectivity index (χ3v) is 3.55. The van der Waals surface area contributed by atoms with Crippen LogP contribution in [0.3, 0.4) is 0 Å². The number of nitrogens with zero attached hydrogens (tertiary/aromatic N) is 2. The number of H-pyrrole nitrogens is 2. The summed E-state index contributed by atoms with van der Waals surface area (Å²) >= 11 is 5.22. The smallest absolute Gasteiger partial charge is 0.328 e. The van der Waals surface area contributed by atoms with Crippen molar-refractivity contribution in [2.24, 2.45) is 5.41 Å². The van der Waals surface area contributed by atoms with E-state index in [1.54, 1.807) is 4.57 Å². The van der Waals surface area contributed by atoms with Gasteiger partial charge >= 0.3 is 5.69 Å². The van der Waals surface area contributed by atoms with Crippen LogP contribution in [0.25, 0.3) is 11.2 Å². The molecule has 19 heavy (non-hydrogen) atoms. The highest BCUT2D eigenvalue weighted by atomic mass is 32.1.